The van der Waals surface area contributed by atoms with Gasteiger partial charge in [0.25, 0.3) is 5.91 Å². The molecule has 3 aromatic carbocycles. The molecule has 1 amide bonds. The smallest absolute Gasteiger partial charge is 0.271 e. The number of ether oxygens (including phenoxy) is 4. The molecule has 1 aliphatic rings. The van der Waals surface area contributed by atoms with Crippen molar-refractivity contribution in [2.45, 2.75) is 6.61 Å². The number of amides is 1. The van der Waals surface area contributed by atoms with Crippen molar-refractivity contribution >= 4 is 57.9 Å². The van der Waals surface area contributed by atoms with E-state index >= 15 is 0 Å². The van der Waals surface area contributed by atoms with Crippen molar-refractivity contribution < 1.29 is 23.7 Å². The van der Waals surface area contributed by atoms with Crippen molar-refractivity contribution in [3.8, 4) is 23.0 Å². The molecule has 0 unspecified atom stereocenters. The molecule has 0 spiro atoms. The molecule has 4 rings (SSSR count). The number of carbonyl (C=O) groups is 1. The van der Waals surface area contributed by atoms with Gasteiger partial charge < -0.3 is 18.9 Å². The van der Waals surface area contributed by atoms with E-state index < -0.39 is 0 Å². The molecule has 3 aromatic rings. The molecule has 33 heavy (non-hydrogen) atoms. The average Bonchev–Trinajstić information content (AvgIpc) is 3.27. The van der Waals surface area contributed by atoms with E-state index in [-0.39, 0.29) is 19.3 Å². The molecule has 7 nitrogen and oxygen atoms in total. The van der Waals surface area contributed by atoms with Gasteiger partial charge >= 0.3 is 0 Å². The van der Waals surface area contributed by atoms with Crippen LogP contribution in [-0.4, -0.2) is 26.0 Å². The van der Waals surface area contributed by atoms with Crippen LogP contribution in [0.2, 0.25) is 10.0 Å². The molecular weight excluding hydrogens is 582 g/mol. The summed E-state index contributed by atoms with van der Waals surface area (Å²) in [5.41, 5.74) is 4.44. The molecule has 1 N–H and O–H groups in total. The maximum Gasteiger partial charge on any atom is 0.271 e. The Hall–Kier alpha value is -2.69. The van der Waals surface area contributed by atoms with Crippen LogP contribution < -0.4 is 24.4 Å². The predicted octanol–water partition coefficient (Wildman–Crippen LogP) is 5.68. The Balaban J connectivity index is 1.43. The van der Waals surface area contributed by atoms with Crippen LogP contribution in [0.5, 0.6) is 23.0 Å². The van der Waals surface area contributed by atoms with E-state index in [4.69, 9.17) is 42.1 Å². The van der Waals surface area contributed by atoms with E-state index in [2.05, 4.69) is 33.1 Å². The van der Waals surface area contributed by atoms with E-state index in [1.807, 2.05) is 12.1 Å². The average molecular weight is 599 g/mol. The molecule has 0 radical (unpaired) electrons. The number of benzene rings is 3. The van der Waals surface area contributed by atoms with Gasteiger partial charge in [-0.3, -0.25) is 4.79 Å². The van der Waals surface area contributed by atoms with Gasteiger partial charge in [-0.05, 0) is 70.6 Å². The lowest BCUT2D eigenvalue weighted by atomic mass is 10.2. The molecule has 0 fully saturated rings. The van der Waals surface area contributed by atoms with Crippen molar-refractivity contribution in [1.29, 1.82) is 0 Å². The largest absolute Gasteiger partial charge is 0.493 e. The monoisotopic (exact) mass is 598 g/mol. The van der Waals surface area contributed by atoms with Gasteiger partial charge in [0.2, 0.25) is 6.79 Å². The van der Waals surface area contributed by atoms with Crippen LogP contribution in [0.15, 0.2) is 53.6 Å². The molecule has 1 aliphatic heterocycles. The normalized spacial score (nSPS) is 12.1. The first-order valence-electron chi connectivity index (χ1n) is 9.62. The quantitative estimate of drug-likeness (QED) is 0.215. The lowest BCUT2D eigenvalue weighted by molar-refractivity contribution is 0.0954. The number of fused-ring (bicyclic) bond motifs is 1. The van der Waals surface area contributed by atoms with Crippen LogP contribution in [0.25, 0.3) is 0 Å². The molecule has 0 bridgehead atoms. The highest BCUT2D eigenvalue weighted by atomic mass is 127. The second-order valence-electron chi connectivity index (χ2n) is 6.83. The van der Waals surface area contributed by atoms with Gasteiger partial charge in [0.1, 0.15) is 6.61 Å². The lowest BCUT2D eigenvalue weighted by Gasteiger charge is -2.14. The van der Waals surface area contributed by atoms with Crippen molar-refractivity contribution in [3.05, 3.63) is 78.8 Å². The zero-order chi connectivity index (χ0) is 23.4. The second kappa shape index (κ2) is 10.5. The van der Waals surface area contributed by atoms with Crippen molar-refractivity contribution in [1.82, 2.24) is 5.43 Å². The summed E-state index contributed by atoms with van der Waals surface area (Å²) in [6.07, 6.45) is 1.52. The minimum atomic E-state index is -0.369. The fourth-order valence-electron chi connectivity index (χ4n) is 3.01. The number of nitrogens with one attached hydrogen (secondary N) is 1. The van der Waals surface area contributed by atoms with Gasteiger partial charge in [-0.25, -0.2) is 5.43 Å². The maximum atomic E-state index is 12.4. The van der Waals surface area contributed by atoms with Crippen LogP contribution in [0.3, 0.4) is 0 Å². The summed E-state index contributed by atoms with van der Waals surface area (Å²) in [5, 5.41) is 5.13. The highest BCUT2D eigenvalue weighted by molar-refractivity contribution is 14.1. The molecule has 0 atom stereocenters. The van der Waals surface area contributed by atoms with E-state index in [9.17, 15) is 4.79 Å². The topological polar surface area (TPSA) is 78.4 Å². The van der Waals surface area contributed by atoms with Crippen molar-refractivity contribution in [3.63, 3.8) is 0 Å². The standard InChI is InChI=1S/C23H17Cl2IN2O5/c1-30-21-7-13(6-18(26)22(21)31-11-15-2-4-16(24)9-17(15)25)10-27-28-23(29)14-3-5-19-20(8-14)33-12-32-19/h2-10H,11-12H2,1H3,(H,28,29)/b27-10+. The summed E-state index contributed by atoms with van der Waals surface area (Å²) in [7, 11) is 1.55. The summed E-state index contributed by atoms with van der Waals surface area (Å²) in [6.45, 7) is 0.396. The Bertz CT molecular complexity index is 1240. The Kier molecular flexibility index (Phi) is 7.46. The fraction of sp³-hybridized carbons (Fsp3) is 0.130. The fourth-order valence-corrected chi connectivity index (χ4v) is 4.25. The maximum absolute atomic E-state index is 12.4. The summed E-state index contributed by atoms with van der Waals surface area (Å²) >= 11 is 14.3. The third-order valence-electron chi connectivity index (χ3n) is 4.65. The summed E-state index contributed by atoms with van der Waals surface area (Å²) in [4.78, 5) is 12.4. The first-order chi connectivity index (χ1) is 15.9. The minimum Gasteiger partial charge on any atom is -0.493 e. The summed E-state index contributed by atoms with van der Waals surface area (Å²) in [5.74, 6) is 1.87. The first-order valence-corrected chi connectivity index (χ1v) is 11.5. The molecule has 170 valence electrons. The zero-order valence-corrected chi connectivity index (χ0v) is 20.9. The number of hydrogen-bond acceptors (Lipinski definition) is 6. The van der Waals surface area contributed by atoms with E-state index in [0.717, 1.165) is 14.7 Å². The van der Waals surface area contributed by atoms with Crippen LogP contribution >= 0.6 is 45.8 Å². The van der Waals surface area contributed by atoms with Crippen LogP contribution in [0.1, 0.15) is 21.5 Å². The van der Waals surface area contributed by atoms with Crippen molar-refractivity contribution in [2.75, 3.05) is 13.9 Å². The van der Waals surface area contributed by atoms with Gasteiger partial charge in [0.05, 0.1) is 16.9 Å². The second-order valence-corrected chi connectivity index (χ2v) is 8.83. The van der Waals surface area contributed by atoms with Gasteiger partial charge in [-0.15, -0.1) is 0 Å². The molecule has 1 heterocycles. The Labute approximate surface area is 213 Å². The number of rotatable bonds is 7. The Morgan fingerprint density at radius 1 is 1.15 bits per heavy atom. The third kappa shape index (κ3) is 5.63. The SMILES string of the molecule is COc1cc(/C=N/NC(=O)c2ccc3c(c2)OCO3)cc(I)c1OCc1ccc(Cl)cc1Cl. The van der Waals surface area contributed by atoms with Gasteiger partial charge in [-0.2, -0.15) is 5.10 Å². The van der Waals surface area contributed by atoms with Gasteiger partial charge in [-0.1, -0.05) is 29.3 Å². The predicted molar refractivity (Wildman–Crippen MR) is 134 cm³/mol. The Morgan fingerprint density at radius 3 is 2.76 bits per heavy atom. The third-order valence-corrected chi connectivity index (χ3v) is 6.04. The lowest BCUT2D eigenvalue weighted by Crippen LogP contribution is -2.17. The van der Waals surface area contributed by atoms with Crippen LogP contribution in [0.4, 0.5) is 0 Å². The summed E-state index contributed by atoms with van der Waals surface area (Å²) in [6, 6.07) is 13.8. The highest BCUT2D eigenvalue weighted by Crippen LogP contribution is 2.35. The molecular formula is C23H17Cl2IN2O5. The molecule has 0 saturated carbocycles. The number of methoxy groups -OCH3 is 1. The molecule has 0 aromatic heterocycles. The van der Waals surface area contributed by atoms with Crippen LogP contribution in [-0.2, 0) is 6.61 Å². The first kappa shape index (κ1) is 23.5. The van der Waals surface area contributed by atoms with E-state index in [1.54, 1.807) is 43.5 Å². The molecule has 10 heteroatoms. The van der Waals surface area contributed by atoms with Crippen molar-refractivity contribution in [2.24, 2.45) is 5.10 Å². The molecule has 0 aliphatic carbocycles. The van der Waals surface area contributed by atoms with Crippen LogP contribution in [0, 0.1) is 3.57 Å². The summed E-state index contributed by atoms with van der Waals surface area (Å²) < 4.78 is 22.8. The minimum absolute atomic E-state index is 0.144. The highest BCUT2D eigenvalue weighted by Gasteiger charge is 2.16. The molecule has 0 saturated heterocycles. The number of hydrogen-bond donors (Lipinski definition) is 1. The number of hydrazone groups is 1. The zero-order valence-electron chi connectivity index (χ0n) is 17.2. The van der Waals surface area contributed by atoms with E-state index in [0.29, 0.717) is 38.6 Å². The number of carbonyl (C=O) groups excluding carboxylic acids is 1. The van der Waals surface area contributed by atoms with Gasteiger partial charge in [0.15, 0.2) is 23.0 Å². The Morgan fingerprint density at radius 2 is 1.97 bits per heavy atom. The van der Waals surface area contributed by atoms with E-state index in [1.165, 1.54) is 6.21 Å². The number of nitrogens with zero attached hydrogens (tertiary/aromatic N) is 1. The van der Waals surface area contributed by atoms with Gasteiger partial charge in [0, 0.05) is 21.2 Å². The number of halogens is 3.